The van der Waals surface area contributed by atoms with Gasteiger partial charge in [-0.1, -0.05) is 12.1 Å². The third-order valence-corrected chi connectivity index (χ3v) is 3.22. The van der Waals surface area contributed by atoms with Crippen LogP contribution >= 0.6 is 11.3 Å². The molecule has 0 aliphatic rings. The van der Waals surface area contributed by atoms with E-state index in [0.29, 0.717) is 5.56 Å². The molecule has 2 aromatic rings. The average molecular weight is 240 g/mol. The predicted octanol–water partition coefficient (Wildman–Crippen LogP) is 3.42. The van der Waals surface area contributed by atoms with Crippen molar-refractivity contribution in [3.63, 3.8) is 0 Å². The molecule has 1 nitrogen and oxygen atoms in total. The van der Waals surface area contributed by atoms with Crippen molar-refractivity contribution in [3.8, 4) is 0 Å². The number of benzene rings is 1. The zero-order chi connectivity index (χ0) is 11.7. The molecule has 0 amide bonds. The van der Waals surface area contributed by atoms with Gasteiger partial charge in [-0.2, -0.15) is 0 Å². The van der Waals surface area contributed by atoms with Crippen LogP contribution in [0.5, 0.6) is 0 Å². The van der Waals surface area contributed by atoms with E-state index in [4.69, 9.17) is 0 Å². The monoisotopic (exact) mass is 240 g/mol. The molecule has 0 aliphatic carbocycles. The molecular formula is C12H10F2OS. The number of aryl methyl sites for hydroxylation is 1. The van der Waals surface area contributed by atoms with E-state index in [0.717, 1.165) is 10.9 Å². The lowest BCUT2D eigenvalue weighted by atomic mass is 10.0. The van der Waals surface area contributed by atoms with E-state index in [2.05, 4.69) is 0 Å². The first-order chi connectivity index (χ1) is 7.59. The highest BCUT2D eigenvalue weighted by Crippen LogP contribution is 2.28. The SMILES string of the molecule is Cc1cc(C(O)c2cccc(F)c2F)cs1. The Hall–Kier alpha value is -1.26. The summed E-state index contributed by atoms with van der Waals surface area (Å²) in [6, 6.07) is 5.57. The molecule has 1 aromatic heterocycles. The van der Waals surface area contributed by atoms with Crippen LogP contribution in [-0.2, 0) is 0 Å². The van der Waals surface area contributed by atoms with E-state index in [1.54, 1.807) is 11.4 Å². The van der Waals surface area contributed by atoms with Gasteiger partial charge in [0.05, 0.1) is 0 Å². The van der Waals surface area contributed by atoms with Crippen LogP contribution < -0.4 is 0 Å². The van der Waals surface area contributed by atoms with Crippen LogP contribution in [0.4, 0.5) is 8.78 Å². The maximum atomic E-state index is 13.4. The van der Waals surface area contributed by atoms with Gasteiger partial charge in [0.15, 0.2) is 11.6 Å². The summed E-state index contributed by atoms with van der Waals surface area (Å²) in [5, 5.41) is 11.7. The lowest BCUT2D eigenvalue weighted by Gasteiger charge is -2.10. The largest absolute Gasteiger partial charge is 0.384 e. The second-order valence-corrected chi connectivity index (χ2v) is 4.65. The maximum Gasteiger partial charge on any atom is 0.164 e. The van der Waals surface area contributed by atoms with Crippen molar-refractivity contribution < 1.29 is 13.9 Å². The number of thiophene rings is 1. The van der Waals surface area contributed by atoms with Crippen LogP contribution in [-0.4, -0.2) is 5.11 Å². The van der Waals surface area contributed by atoms with Crippen molar-refractivity contribution in [2.45, 2.75) is 13.0 Å². The quantitative estimate of drug-likeness (QED) is 0.852. The summed E-state index contributed by atoms with van der Waals surface area (Å²) < 4.78 is 26.4. The molecule has 1 atom stereocenters. The van der Waals surface area contributed by atoms with E-state index >= 15 is 0 Å². The number of rotatable bonds is 2. The van der Waals surface area contributed by atoms with Crippen molar-refractivity contribution in [1.82, 2.24) is 0 Å². The number of aliphatic hydroxyl groups is 1. The zero-order valence-electron chi connectivity index (χ0n) is 8.58. The molecule has 16 heavy (non-hydrogen) atoms. The van der Waals surface area contributed by atoms with Crippen LogP contribution in [0.3, 0.4) is 0 Å². The van der Waals surface area contributed by atoms with Gasteiger partial charge in [-0.15, -0.1) is 11.3 Å². The van der Waals surface area contributed by atoms with Gasteiger partial charge < -0.3 is 5.11 Å². The molecule has 1 aromatic carbocycles. The van der Waals surface area contributed by atoms with Gasteiger partial charge in [-0.3, -0.25) is 0 Å². The average Bonchev–Trinajstić information content (AvgIpc) is 2.68. The fourth-order valence-electron chi connectivity index (χ4n) is 1.52. The zero-order valence-corrected chi connectivity index (χ0v) is 9.39. The molecule has 4 heteroatoms. The van der Waals surface area contributed by atoms with Crippen LogP contribution in [0, 0.1) is 18.6 Å². The van der Waals surface area contributed by atoms with E-state index in [1.807, 2.05) is 6.92 Å². The molecule has 1 heterocycles. The standard InChI is InChI=1S/C12H10F2OS/c1-7-5-8(6-16-7)12(15)9-3-2-4-10(13)11(9)14/h2-6,12,15H,1H3. The summed E-state index contributed by atoms with van der Waals surface area (Å²) >= 11 is 1.46. The number of hydrogen-bond acceptors (Lipinski definition) is 2. The van der Waals surface area contributed by atoms with Crippen LogP contribution in [0.15, 0.2) is 29.6 Å². The predicted molar refractivity (Wildman–Crippen MR) is 59.5 cm³/mol. The van der Waals surface area contributed by atoms with Crippen LogP contribution in [0.1, 0.15) is 22.1 Å². The Morgan fingerprint density at radius 2 is 2.06 bits per heavy atom. The first-order valence-electron chi connectivity index (χ1n) is 4.76. The summed E-state index contributed by atoms with van der Waals surface area (Å²) in [6.07, 6.45) is -1.11. The van der Waals surface area contributed by atoms with Gasteiger partial charge in [0.2, 0.25) is 0 Å². The van der Waals surface area contributed by atoms with Crippen molar-refractivity contribution in [2.75, 3.05) is 0 Å². The topological polar surface area (TPSA) is 20.2 Å². The second-order valence-electron chi connectivity index (χ2n) is 3.54. The summed E-state index contributed by atoms with van der Waals surface area (Å²) in [5.74, 6) is -1.93. The Labute approximate surface area is 96.0 Å². The van der Waals surface area contributed by atoms with Crippen molar-refractivity contribution in [1.29, 1.82) is 0 Å². The van der Waals surface area contributed by atoms with Gasteiger partial charge in [0.1, 0.15) is 6.10 Å². The van der Waals surface area contributed by atoms with Crippen molar-refractivity contribution in [3.05, 3.63) is 57.3 Å². The highest BCUT2D eigenvalue weighted by molar-refractivity contribution is 7.10. The third kappa shape index (κ3) is 1.99. The molecule has 0 saturated heterocycles. The van der Waals surface area contributed by atoms with E-state index in [-0.39, 0.29) is 5.56 Å². The summed E-state index contributed by atoms with van der Waals surface area (Å²) in [7, 11) is 0. The van der Waals surface area contributed by atoms with Crippen molar-refractivity contribution in [2.24, 2.45) is 0 Å². The molecule has 0 radical (unpaired) electrons. The minimum atomic E-state index is -1.11. The molecule has 2 rings (SSSR count). The molecule has 0 aliphatic heterocycles. The third-order valence-electron chi connectivity index (χ3n) is 2.34. The van der Waals surface area contributed by atoms with Gasteiger partial charge in [-0.05, 0) is 30.0 Å². The lowest BCUT2D eigenvalue weighted by molar-refractivity contribution is 0.214. The fourth-order valence-corrected chi connectivity index (χ4v) is 2.24. The summed E-state index contributed by atoms with van der Waals surface area (Å²) in [4.78, 5) is 1.02. The smallest absolute Gasteiger partial charge is 0.164 e. The van der Waals surface area contributed by atoms with E-state index in [9.17, 15) is 13.9 Å². The molecule has 1 N–H and O–H groups in total. The normalized spacial score (nSPS) is 12.8. The van der Waals surface area contributed by atoms with E-state index < -0.39 is 17.7 Å². The van der Waals surface area contributed by atoms with Crippen molar-refractivity contribution >= 4 is 11.3 Å². The Morgan fingerprint density at radius 1 is 1.31 bits per heavy atom. The highest BCUT2D eigenvalue weighted by Gasteiger charge is 2.18. The Kier molecular flexibility index (Phi) is 3.03. The number of hydrogen-bond donors (Lipinski definition) is 1. The second kappa shape index (κ2) is 4.31. The number of halogens is 2. The fraction of sp³-hybridized carbons (Fsp3) is 0.167. The van der Waals surface area contributed by atoms with Gasteiger partial charge in [0.25, 0.3) is 0 Å². The Balaban J connectivity index is 2.41. The maximum absolute atomic E-state index is 13.4. The minimum absolute atomic E-state index is 0.0298. The Bertz CT molecular complexity index is 507. The lowest BCUT2D eigenvalue weighted by Crippen LogP contribution is -2.02. The molecule has 1 unspecified atom stereocenters. The minimum Gasteiger partial charge on any atom is -0.384 e. The molecule has 0 fully saturated rings. The summed E-state index contributed by atoms with van der Waals surface area (Å²) in [6.45, 7) is 1.89. The van der Waals surface area contributed by atoms with Crippen LogP contribution in [0.2, 0.25) is 0 Å². The molecule has 0 saturated carbocycles. The summed E-state index contributed by atoms with van der Waals surface area (Å²) in [5.41, 5.74) is 0.560. The molecule has 0 spiro atoms. The molecular weight excluding hydrogens is 230 g/mol. The van der Waals surface area contributed by atoms with Gasteiger partial charge in [-0.25, -0.2) is 8.78 Å². The molecule has 0 bridgehead atoms. The first-order valence-corrected chi connectivity index (χ1v) is 5.64. The highest BCUT2D eigenvalue weighted by atomic mass is 32.1. The van der Waals surface area contributed by atoms with Gasteiger partial charge >= 0.3 is 0 Å². The van der Waals surface area contributed by atoms with Crippen LogP contribution in [0.25, 0.3) is 0 Å². The number of aliphatic hydroxyl groups excluding tert-OH is 1. The van der Waals surface area contributed by atoms with E-state index in [1.165, 1.54) is 23.5 Å². The Morgan fingerprint density at radius 3 is 2.69 bits per heavy atom. The van der Waals surface area contributed by atoms with Gasteiger partial charge in [0, 0.05) is 10.4 Å². The molecule has 84 valence electrons. The first kappa shape index (κ1) is 11.2.